The van der Waals surface area contributed by atoms with E-state index in [0.717, 1.165) is 5.75 Å². The zero-order chi connectivity index (χ0) is 24.8. The first kappa shape index (κ1) is 24.3. The summed E-state index contributed by atoms with van der Waals surface area (Å²) in [5, 5.41) is 1.23. The Morgan fingerprint density at radius 3 is 2.40 bits per heavy atom. The Hall–Kier alpha value is -3.78. The van der Waals surface area contributed by atoms with Crippen LogP contribution < -0.4 is 24.6 Å². The van der Waals surface area contributed by atoms with Gasteiger partial charge in [0.25, 0.3) is 11.8 Å². The summed E-state index contributed by atoms with van der Waals surface area (Å²) in [6.45, 7) is 2.97. The van der Waals surface area contributed by atoms with Gasteiger partial charge in [-0.25, -0.2) is 5.01 Å². The van der Waals surface area contributed by atoms with Crippen LogP contribution in [0.5, 0.6) is 17.2 Å². The lowest BCUT2D eigenvalue weighted by molar-refractivity contribution is -0.117. The largest absolute Gasteiger partial charge is 0.493 e. The van der Waals surface area contributed by atoms with Crippen LogP contribution in [0.1, 0.15) is 17.5 Å². The van der Waals surface area contributed by atoms with E-state index in [2.05, 4.69) is 21.4 Å². The quantitative estimate of drug-likeness (QED) is 0.234. The molecule has 0 radical (unpaired) electrons. The first-order valence-corrected chi connectivity index (χ1v) is 11.9. The molecule has 1 heterocycles. The van der Waals surface area contributed by atoms with Crippen molar-refractivity contribution in [3.8, 4) is 17.2 Å². The molecule has 1 aliphatic heterocycles. The number of hydrogen-bond acceptors (Lipinski definition) is 5. The Labute approximate surface area is 212 Å². The van der Waals surface area contributed by atoms with E-state index in [4.69, 9.17) is 14.2 Å². The van der Waals surface area contributed by atoms with E-state index < -0.39 is 11.8 Å². The molecule has 0 spiro atoms. The van der Waals surface area contributed by atoms with Crippen LogP contribution in [0, 0.1) is 6.92 Å². The van der Waals surface area contributed by atoms with Gasteiger partial charge in [0.05, 0.1) is 30.5 Å². The maximum absolute atomic E-state index is 12.8. The van der Waals surface area contributed by atoms with Crippen molar-refractivity contribution in [2.24, 2.45) is 0 Å². The van der Waals surface area contributed by atoms with E-state index >= 15 is 0 Å². The number of carbonyl (C=O) groups excluding carboxylic acids is 2. The number of hydrazine groups is 1. The number of ether oxygens (including phenoxy) is 3. The predicted molar refractivity (Wildman–Crippen MR) is 138 cm³/mol. The van der Waals surface area contributed by atoms with Crippen LogP contribution in [0.3, 0.4) is 0 Å². The molecule has 3 aromatic carbocycles. The number of aryl methyl sites for hydroxylation is 1. The van der Waals surface area contributed by atoms with Gasteiger partial charge in [0, 0.05) is 6.42 Å². The van der Waals surface area contributed by atoms with Crippen molar-refractivity contribution in [3.63, 3.8) is 0 Å². The number of para-hydroxylation sites is 1. The number of carbonyl (C=O) groups is 2. The third-order valence-electron chi connectivity index (χ3n) is 5.29. The first-order valence-electron chi connectivity index (χ1n) is 11.1. The molecule has 35 heavy (non-hydrogen) atoms. The average Bonchev–Trinajstić information content (AvgIpc) is 3.14. The molecule has 0 unspecified atom stereocenters. The molecule has 7 nitrogen and oxygen atoms in total. The normalized spacial score (nSPS) is 14.3. The van der Waals surface area contributed by atoms with E-state index in [0.29, 0.717) is 46.9 Å². The van der Waals surface area contributed by atoms with Crippen molar-refractivity contribution in [1.29, 1.82) is 0 Å². The van der Waals surface area contributed by atoms with Gasteiger partial charge in [-0.2, -0.15) is 0 Å². The molecule has 1 aliphatic rings. The van der Waals surface area contributed by atoms with E-state index in [1.807, 2.05) is 37.3 Å². The second kappa shape index (κ2) is 11.1. The minimum absolute atomic E-state index is 0.0322. The summed E-state index contributed by atoms with van der Waals surface area (Å²) in [6.07, 6.45) is 2.21. The van der Waals surface area contributed by atoms with Crippen molar-refractivity contribution in [2.75, 3.05) is 25.3 Å². The molecular formula is C27H25BrN2O5. The van der Waals surface area contributed by atoms with Crippen LogP contribution in [0.25, 0.3) is 6.08 Å². The SMILES string of the molecule is COc1cc(/C=C2/C(=O)NN(c3ccccc3)C2=O)cc(Br)c1OCCCOc1ccc(C)cc1. The van der Waals surface area contributed by atoms with Crippen molar-refractivity contribution < 1.29 is 23.8 Å². The van der Waals surface area contributed by atoms with Crippen LogP contribution >= 0.6 is 15.9 Å². The van der Waals surface area contributed by atoms with E-state index in [1.165, 1.54) is 23.8 Å². The van der Waals surface area contributed by atoms with Crippen molar-refractivity contribution in [1.82, 2.24) is 5.43 Å². The molecule has 8 heteroatoms. The van der Waals surface area contributed by atoms with Crippen LogP contribution in [-0.4, -0.2) is 32.1 Å². The minimum Gasteiger partial charge on any atom is -0.493 e. The molecule has 3 aromatic rings. The Balaban J connectivity index is 1.41. The molecule has 0 saturated carbocycles. The molecule has 0 atom stereocenters. The second-order valence-corrected chi connectivity index (χ2v) is 8.73. The van der Waals surface area contributed by atoms with E-state index in [1.54, 1.807) is 36.4 Å². The van der Waals surface area contributed by atoms with Gasteiger partial charge in [-0.15, -0.1) is 0 Å². The van der Waals surface area contributed by atoms with Crippen molar-refractivity contribution in [3.05, 3.63) is 87.9 Å². The van der Waals surface area contributed by atoms with Gasteiger partial charge in [-0.05, 0) is 70.9 Å². The number of anilines is 1. The van der Waals surface area contributed by atoms with Gasteiger partial charge in [-0.1, -0.05) is 35.9 Å². The third-order valence-corrected chi connectivity index (χ3v) is 5.88. The second-order valence-electron chi connectivity index (χ2n) is 7.87. The lowest BCUT2D eigenvalue weighted by Crippen LogP contribution is -2.35. The van der Waals surface area contributed by atoms with Gasteiger partial charge < -0.3 is 14.2 Å². The molecule has 0 bridgehead atoms. The van der Waals surface area contributed by atoms with Gasteiger partial charge in [0.1, 0.15) is 11.3 Å². The number of benzene rings is 3. The summed E-state index contributed by atoms with van der Waals surface area (Å²) in [6, 6.07) is 20.3. The standard InChI is InChI=1S/C27H25BrN2O5/c1-18-9-11-21(12-10-18)34-13-6-14-35-25-23(28)16-19(17-24(25)33-2)15-22-26(31)29-30(27(22)32)20-7-4-3-5-8-20/h3-5,7-12,15-17H,6,13-14H2,1-2H3,(H,29,31)/b22-15-. The number of methoxy groups -OCH3 is 1. The highest BCUT2D eigenvalue weighted by molar-refractivity contribution is 9.10. The van der Waals surface area contributed by atoms with Crippen molar-refractivity contribution in [2.45, 2.75) is 13.3 Å². The Bertz CT molecular complexity index is 1240. The molecule has 1 fully saturated rings. The first-order chi connectivity index (χ1) is 17.0. The number of hydrogen-bond donors (Lipinski definition) is 1. The lowest BCUT2D eigenvalue weighted by Gasteiger charge is -2.14. The van der Waals surface area contributed by atoms with Gasteiger partial charge in [0.15, 0.2) is 11.5 Å². The fourth-order valence-corrected chi connectivity index (χ4v) is 4.08. The Kier molecular flexibility index (Phi) is 7.72. The number of rotatable bonds is 9. The van der Waals surface area contributed by atoms with Crippen LogP contribution in [0.4, 0.5) is 5.69 Å². The molecule has 2 amide bonds. The minimum atomic E-state index is -0.470. The highest BCUT2D eigenvalue weighted by Gasteiger charge is 2.34. The fraction of sp³-hybridized carbons (Fsp3) is 0.185. The highest BCUT2D eigenvalue weighted by atomic mass is 79.9. The smallest absolute Gasteiger partial charge is 0.282 e. The maximum atomic E-state index is 12.8. The van der Waals surface area contributed by atoms with Gasteiger partial charge in [-0.3, -0.25) is 15.0 Å². The molecule has 1 saturated heterocycles. The average molecular weight is 537 g/mol. The Morgan fingerprint density at radius 1 is 0.971 bits per heavy atom. The van der Waals surface area contributed by atoms with Crippen LogP contribution in [0.15, 0.2) is 76.8 Å². The monoisotopic (exact) mass is 536 g/mol. The predicted octanol–water partition coefficient (Wildman–Crippen LogP) is 5.08. The summed E-state index contributed by atoms with van der Waals surface area (Å²) in [5.41, 5.74) is 5.02. The van der Waals surface area contributed by atoms with Crippen LogP contribution in [0.2, 0.25) is 0 Å². The number of nitrogens with one attached hydrogen (secondary N) is 1. The molecule has 0 aromatic heterocycles. The van der Waals surface area contributed by atoms with E-state index in [-0.39, 0.29) is 5.57 Å². The molecule has 0 aliphatic carbocycles. The highest BCUT2D eigenvalue weighted by Crippen LogP contribution is 2.37. The van der Waals surface area contributed by atoms with Gasteiger partial charge in [0.2, 0.25) is 0 Å². The lowest BCUT2D eigenvalue weighted by atomic mass is 10.1. The summed E-state index contributed by atoms with van der Waals surface area (Å²) in [7, 11) is 1.54. The maximum Gasteiger partial charge on any atom is 0.282 e. The van der Waals surface area contributed by atoms with E-state index in [9.17, 15) is 9.59 Å². The number of nitrogens with zero attached hydrogens (tertiary/aromatic N) is 1. The fourth-order valence-electron chi connectivity index (χ4n) is 3.50. The zero-order valence-corrected chi connectivity index (χ0v) is 21.0. The number of halogens is 1. The number of amides is 2. The van der Waals surface area contributed by atoms with Crippen LogP contribution in [-0.2, 0) is 9.59 Å². The summed E-state index contributed by atoms with van der Waals surface area (Å²) >= 11 is 3.52. The third kappa shape index (κ3) is 5.84. The molecule has 180 valence electrons. The molecule has 1 N–H and O–H groups in total. The summed E-state index contributed by atoms with van der Waals surface area (Å²) < 4.78 is 17.8. The topological polar surface area (TPSA) is 77.1 Å². The molecule has 4 rings (SSSR count). The summed E-state index contributed by atoms with van der Waals surface area (Å²) in [4.78, 5) is 25.3. The summed E-state index contributed by atoms with van der Waals surface area (Å²) in [5.74, 6) is 0.950. The molecular weight excluding hydrogens is 512 g/mol. The Morgan fingerprint density at radius 2 is 1.69 bits per heavy atom. The van der Waals surface area contributed by atoms with Crippen molar-refractivity contribution >= 4 is 39.5 Å². The van der Waals surface area contributed by atoms with Gasteiger partial charge >= 0.3 is 0 Å². The zero-order valence-electron chi connectivity index (χ0n) is 19.4.